The summed E-state index contributed by atoms with van der Waals surface area (Å²) in [5.41, 5.74) is 3.31. The topological polar surface area (TPSA) is 105 Å². The Morgan fingerprint density at radius 1 is 1.21 bits per heavy atom. The van der Waals surface area contributed by atoms with E-state index in [4.69, 9.17) is 4.74 Å². The summed E-state index contributed by atoms with van der Waals surface area (Å²) in [6, 6.07) is 13.1. The van der Waals surface area contributed by atoms with Crippen LogP contribution in [0, 0.1) is 0 Å². The molecule has 28 heavy (non-hydrogen) atoms. The first-order valence-corrected chi connectivity index (χ1v) is 10.6. The van der Waals surface area contributed by atoms with E-state index in [9.17, 15) is 18.0 Å². The van der Waals surface area contributed by atoms with E-state index in [1.165, 1.54) is 13.1 Å². The molecule has 2 rings (SSSR count). The third kappa shape index (κ3) is 6.78. The number of carbonyl (C=O) groups is 2. The number of anilines is 1. The lowest BCUT2D eigenvalue weighted by atomic mass is 10.2. The minimum atomic E-state index is -3.66. The number of nitrogens with one attached hydrogen (secondary N) is 1. The summed E-state index contributed by atoms with van der Waals surface area (Å²) < 4.78 is 30.7. The minimum absolute atomic E-state index is 0.358. The minimum Gasteiger partial charge on any atom is -0.427 e. The Hall–Kier alpha value is -2.72. The van der Waals surface area contributed by atoms with Crippen molar-refractivity contribution in [3.8, 4) is 5.75 Å². The van der Waals surface area contributed by atoms with Crippen LogP contribution in [0.1, 0.15) is 12.5 Å². The Bertz CT molecular complexity index is 991. The number of benzene rings is 2. The molecular weight excluding hydrogens is 450 g/mol. The molecule has 0 radical (unpaired) electrons. The van der Waals surface area contributed by atoms with E-state index in [1.807, 2.05) is 0 Å². The number of ether oxygens (including phenoxy) is 1. The van der Waals surface area contributed by atoms with Crippen LogP contribution < -0.4 is 14.5 Å². The highest BCUT2D eigenvalue weighted by Crippen LogP contribution is 2.21. The van der Waals surface area contributed by atoms with Crippen molar-refractivity contribution in [2.45, 2.75) is 6.92 Å². The van der Waals surface area contributed by atoms with E-state index >= 15 is 0 Å². The number of halogens is 1. The summed E-state index contributed by atoms with van der Waals surface area (Å²) in [7, 11) is -3.66. The Morgan fingerprint density at radius 3 is 2.46 bits per heavy atom. The van der Waals surface area contributed by atoms with Gasteiger partial charge in [0.2, 0.25) is 10.0 Å². The van der Waals surface area contributed by atoms with Gasteiger partial charge in [0.25, 0.3) is 5.91 Å². The number of esters is 1. The van der Waals surface area contributed by atoms with Crippen LogP contribution in [0.4, 0.5) is 5.69 Å². The Labute approximate surface area is 171 Å². The monoisotopic (exact) mass is 467 g/mol. The second-order valence-corrected chi connectivity index (χ2v) is 8.53. The first kappa shape index (κ1) is 21.6. The lowest BCUT2D eigenvalue weighted by Gasteiger charge is -2.21. The Morgan fingerprint density at radius 2 is 1.89 bits per heavy atom. The molecular formula is C18H18BrN3O5S. The number of sulfonamides is 1. The summed E-state index contributed by atoms with van der Waals surface area (Å²) in [5.74, 6) is -0.626. The molecule has 148 valence electrons. The van der Waals surface area contributed by atoms with Crippen molar-refractivity contribution in [2.24, 2.45) is 5.10 Å². The van der Waals surface area contributed by atoms with E-state index in [2.05, 4.69) is 26.5 Å². The van der Waals surface area contributed by atoms with Gasteiger partial charge < -0.3 is 4.74 Å². The van der Waals surface area contributed by atoms with Crippen molar-refractivity contribution in [1.29, 1.82) is 0 Å². The SMILES string of the molecule is CC(=O)Oc1ccc(/C=N/NC(=O)CN(c2cccc(Br)c2)S(C)(=O)=O)cc1. The largest absolute Gasteiger partial charge is 0.427 e. The number of hydrazone groups is 1. The Balaban J connectivity index is 2.01. The molecule has 8 nitrogen and oxygen atoms in total. The molecule has 0 saturated heterocycles. The van der Waals surface area contributed by atoms with Gasteiger partial charge in [-0.3, -0.25) is 13.9 Å². The highest BCUT2D eigenvalue weighted by atomic mass is 79.9. The molecule has 0 fully saturated rings. The predicted molar refractivity (Wildman–Crippen MR) is 110 cm³/mol. The molecule has 10 heteroatoms. The summed E-state index contributed by atoms with van der Waals surface area (Å²) >= 11 is 3.28. The molecule has 0 heterocycles. The number of nitrogens with zero attached hydrogens (tertiary/aromatic N) is 2. The molecule has 0 aromatic heterocycles. The molecule has 0 saturated carbocycles. The summed E-state index contributed by atoms with van der Waals surface area (Å²) in [4.78, 5) is 23.0. The second kappa shape index (κ2) is 9.47. The smallest absolute Gasteiger partial charge is 0.308 e. The summed E-state index contributed by atoms with van der Waals surface area (Å²) in [6.45, 7) is 0.886. The first-order chi connectivity index (χ1) is 13.1. The fourth-order valence-corrected chi connectivity index (χ4v) is 3.40. The third-order valence-electron chi connectivity index (χ3n) is 3.33. The van der Waals surface area contributed by atoms with Gasteiger partial charge in [0, 0.05) is 11.4 Å². The molecule has 1 amide bonds. The molecule has 1 N–H and O–H groups in total. The molecule has 0 bridgehead atoms. The highest BCUT2D eigenvalue weighted by Gasteiger charge is 2.20. The van der Waals surface area contributed by atoms with Crippen molar-refractivity contribution in [2.75, 3.05) is 17.1 Å². The predicted octanol–water partition coefficient (Wildman–Crippen LogP) is 2.29. The van der Waals surface area contributed by atoms with Crippen LogP contribution in [0.15, 0.2) is 58.1 Å². The maximum Gasteiger partial charge on any atom is 0.308 e. The van der Waals surface area contributed by atoms with Gasteiger partial charge in [0.1, 0.15) is 12.3 Å². The van der Waals surface area contributed by atoms with Gasteiger partial charge >= 0.3 is 5.97 Å². The maximum absolute atomic E-state index is 12.1. The molecule has 0 aliphatic carbocycles. The fraction of sp³-hybridized carbons (Fsp3) is 0.167. The highest BCUT2D eigenvalue weighted by molar-refractivity contribution is 9.10. The average Bonchev–Trinajstić information content (AvgIpc) is 2.60. The van der Waals surface area contributed by atoms with Gasteiger partial charge in [0.15, 0.2) is 0 Å². The third-order valence-corrected chi connectivity index (χ3v) is 4.96. The molecule has 0 spiro atoms. The van der Waals surface area contributed by atoms with E-state index < -0.39 is 28.4 Å². The quantitative estimate of drug-likeness (QED) is 0.291. The molecule has 0 aliphatic rings. The molecule has 0 atom stereocenters. The van der Waals surface area contributed by atoms with E-state index in [0.29, 0.717) is 21.5 Å². The van der Waals surface area contributed by atoms with Crippen molar-refractivity contribution in [1.82, 2.24) is 5.43 Å². The number of hydrogen-bond acceptors (Lipinski definition) is 6. The number of rotatable bonds is 7. The van der Waals surface area contributed by atoms with Gasteiger partial charge in [-0.15, -0.1) is 0 Å². The van der Waals surface area contributed by atoms with Crippen molar-refractivity contribution >= 4 is 49.7 Å². The Kier molecular flexibility index (Phi) is 7.30. The van der Waals surface area contributed by atoms with Crippen molar-refractivity contribution in [3.63, 3.8) is 0 Å². The van der Waals surface area contributed by atoms with Crippen LogP contribution >= 0.6 is 15.9 Å². The maximum atomic E-state index is 12.1. The van der Waals surface area contributed by atoms with Crippen molar-refractivity contribution in [3.05, 3.63) is 58.6 Å². The molecule has 2 aromatic rings. The van der Waals surface area contributed by atoms with Crippen molar-refractivity contribution < 1.29 is 22.7 Å². The van der Waals surface area contributed by atoms with Gasteiger partial charge in [0.05, 0.1) is 18.2 Å². The van der Waals surface area contributed by atoms with Crippen LogP contribution in [-0.2, 0) is 19.6 Å². The average molecular weight is 468 g/mol. The normalized spacial score (nSPS) is 11.2. The number of hydrogen-bond donors (Lipinski definition) is 1. The number of carbonyl (C=O) groups excluding carboxylic acids is 2. The van der Waals surface area contributed by atoms with E-state index in [0.717, 1.165) is 10.6 Å². The summed E-state index contributed by atoms with van der Waals surface area (Å²) in [6.07, 6.45) is 2.41. The molecule has 0 aliphatic heterocycles. The lowest BCUT2D eigenvalue weighted by molar-refractivity contribution is -0.131. The van der Waals surface area contributed by atoms with Crippen LogP contribution in [0.5, 0.6) is 5.75 Å². The van der Waals surface area contributed by atoms with Crippen LogP contribution in [0.2, 0.25) is 0 Å². The van der Waals surface area contributed by atoms with Crippen LogP contribution in [0.25, 0.3) is 0 Å². The molecule has 2 aromatic carbocycles. The lowest BCUT2D eigenvalue weighted by Crippen LogP contribution is -2.39. The van der Waals surface area contributed by atoms with Gasteiger partial charge in [-0.05, 0) is 48.0 Å². The van der Waals surface area contributed by atoms with Gasteiger partial charge in [-0.25, -0.2) is 13.8 Å². The van der Waals surface area contributed by atoms with Crippen LogP contribution in [0.3, 0.4) is 0 Å². The zero-order valence-electron chi connectivity index (χ0n) is 15.1. The summed E-state index contributed by atoms with van der Waals surface area (Å²) in [5, 5.41) is 3.82. The van der Waals surface area contributed by atoms with Gasteiger partial charge in [-0.1, -0.05) is 22.0 Å². The zero-order chi connectivity index (χ0) is 20.7. The van der Waals surface area contributed by atoms with E-state index in [1.54, 1.807) is 48.5 Å². The zero-order valence-corrected chi connectivity index (χ0v) is 17.5. The number of amides is 1. The second-order valence-electron chi connectivity index (χ2n) is 5.71. The van der Waals surface area contributed by atoms with Gasteiger partial charge in [-0.2, -0.15) is 5.10 Å². The fourth-order valence-electron chi connectivity index (χ4n) is 2.16. The van der Waals surface area contributed by atoms with E-state index in [-0.39, 0.29) is 0 Å². The molecule has 0 unspecified atom stereocenters. The standard InChI is InChI=1S/C18H18BrN3O5S/c1-13(23)27-17-8-6-14(7-9-17)11-20-21-18(24)12-22(28(2,25)26)16-5-3-4-15(19)10-16/h3-11H,12H2,1-2H3,(H,21,24)/b20-11+. The first-order valence-electron chi connectivity index (χ1n) is 7.99. The van der Waals surface area contributed by atoms with Crippen LogP contribution in [-0.4, -0.2) is 39.3 Å².